The van der Waals surface area contributed by atoms with Crippen molar-refractivity contribution in [2.75, 3.05) is 11.5 Å². The van der Waals surface area contributed by atoms with E-state index in [9.17, 15) is 10.2 Å². The number of pyridine rings is 2. The van der Waals surface area contributed by atoms with Crippen molar-refractivity contribution in [2.45, 2.75) is 129 Å². The molecular formula is C29H42N2O2S6. The number of fused-ring (bicyclic) bond motifs is 2. The first-order chi connectivity index (χ1) is 18.3. The van der Waals surface area contributed by atoms with Gasteiger partial charge in [-0.05, 0) is 109 Å². The van der Waals surface area contributed by atoms with Crippen LogP contribution in [-0.4, -0.2) is 43.1 Å². The predicted molar refractivity (Wildman–Crippen MR) is 177 cm³/mol. The molecule has 4 nitrogen and oxygen atoms in total. The second-order valence-corrected chi connectivity index (χ2v) is 16.1. The van der Waals surface area contributed by atoms with Crippen LogP contribution in [0.5, 0.6) is 0 Å². The SMILES string of the molecule is CC(C)(CCC(O)CCCC(O)CCC(C)(C)n1c(S)c2c(cc1=S)SCC2)n1c(S)c2c(cc1=S)SCC2. The molecule has 4 heterocycles. The van der Waals surface area contributed by atoms with E-state index in [2.05, 4.69) is 49.0 Å². The molecule has 0 aromatic carbocycles. The van der Waals surface area contributed by atoms with E-state index < -0.39 is 12.2 Å². The predicted octanol–water partition coefficient (Wildman–Crippen LogP) is 8.25. The van der Waals surface area contributed by atoms with Crippen LogP contribution in [0.4, 0.5) is 0 Å². The minimum Gasteiger partial charge on any atom is -0.393 e. The Morgan fingerprint density at radius 1 is 0.769 bits per heavy atom. The van der Waals surface area contributed by atoms with Crippen molar-refractivity contribution >= 4 is 73.2 Å². The molecular weight excluding hydrogens is 601 g/mol. The smallest absolute Gasteiger partial charge is 0.108 e. The normalized spacial score (nSPS) is 16.8. The molecule has 2 aliphatic rings. The zero-order chi connectivity index (χ0) is 28.5. The number of hydrogen-bond acceptors (Lipinski definition) is 8. The molecule has 2 N–H and O–H groups in total. The number of aliphatic hydroxyl groups is 2. The molecule has 2 unspecified atom stereocenters. The summed E-state index contributed by atoms with van der Waals surface area (Å²) in [5, 5.41) is 23.4. The number of aromatic nitrogens is 2. The summed E-state index contributed by atoms with van der Waals surface area (Å²) < 4.78 is 5.95. The minimum atomic E-state index is -0.398. The molecule has 0 saturated heterocycles. The third-order valence-corrected chi connectivity index (χ3v) is 11.9. The van der Waals surface area contributed by atoms with Crippen LogP contribution in [0.3, 0.4) is 0 Å². The molecule has 2 aromatic rings. The van der Waals surface area contributed by atoms with Gasteiger partial charge >= 0.3 is 0 Å². The number of thiol groups is 2. The van der Waals surface area contributed by atoms with Crippen LogP contribution in [0, 0.1) is 9.28 Å². The number of thioether (sulfide) groups is 2. The van der Waals surface area contributed by atoms with Gasteiger partial charge in [0.2, 0.25) is 0 Å². The first-order valence-electron chi connectivity index (χ1n) is 13.9. The van der Waals surface area contributed by atoms with E-state index in [0.717, 1.165) is 62.9 Å². The van der Waals surface area contributed by atoms with E-state index in [1.165, 1.54) is 20.9 Å². The average molecular weight is 643 g/mol. The summed E-state index contributed by atoms with van der Waals surface area (Å²) in [6.07, 6.45) is 6.43. The van der Waals surface area contributed by atoms with Crippen molar-refractivity contribution in [2.24, 2.45) is 0 Å². The zero-order valence-electron chi connectivity index (χ0n) is 23.4. The average Bonchev–Trinajstić information content (AvgIpc) is 3.51. The maximum absolute atomic E-state index is 10.7. The van der Waals surface area contributed by atoms with Gasteiger partial charge in [-0.1, -0.05) is 24.4 Å². The Hall–Kier alpha value is 0.0600. The highest BCUT2D eigenvalue weighted by Gasteiger charge is 2.29. The van der Waals surface area contributed by atoms with Gasteiger partial charge < -0.3 is 19.3 Å². The quantitative estimate of drug-likeness (QED) is 0.138. The Labute approximate surface area is 263 Å². The van der Waals surface area contributed by atoms with Gasteiger partial charge in [-0.2, -0.15) is 0 Å². The van der Waals surface area contributed by atoms with E-state index in [4.69, 9.17) is 49.7 Å². The molecule has 10 heteroatoms. The molecule has 2 aromatic heterocycles. The van der Waals surface area contributed by atoms with E-state index >= 15 is 0 Å². The molecule has 216 valence electrons. The van der Waals surface area contributed by atoms with Gasteiger partial charge in [-0.3, -0.25) is 0 Å². The van der Waals surface area contributed by atoms with Crippen molar-refractivity contribution in [1.29, 1.82) is 0 Å². The Morgan fingerprint density at radius 2 is 1.15 bits per heavy atom. The van der Waals surface area contributed by atoms with Gasteiger partial charge in [-0.25, -0.2) is 0 Å². The Balaban J connectivity index is 1.24. The highest BCUT2D eigenvalue weighted by Crippen LogP contribution is 2.40. The van der Waals surface area contributed by atoms with Crippen LogP contribution in [0.25, 0.3) is 0 Å². The molecule has 0 spiro atoms. The van der Waals surface area contributed by atoms with E-state index in [1.807, 2.05) is 23.5 Å². The molecule has 0 radical (unpaired) electrons. The fraction of sp³-hybridized carbons (Fsp3) is 0.655. The van der Waals surface area contributed by atoms with Crippen molar-refractivity contribution in [1.82, 2.24) is 9.13 Å². The van der Waals surface area contributed by atoms with Crippen molar-refractivity contribution in [3.05, 3.63) is 32.5 Å². The van der Waals surface area contributed by atoms with Crippen molar-refractivity contribution in [3.63, 3.8) is 0 Å². The van der Waals surface area contributed by atoms with Gasteiger partial charge in [0.05, 0.1) is 22.3 Å². The maximum atomic E-state index is 10.7. The van der Waals surface area contributed by atoms with Crippen LogP contribution >= 0.6 is 73.2 Å². The largest absolute Gasteiger partial charge is 0.393 e. The van der Waals surface area contributed by atoms with Gasteiger partial charge in [-0.15, -0.1) is 48.8 Å². The number of rotatable bonds is 12. The molecule has 0 saturated carbocycles. The second kappa shape index (κ2) is 13.1. The fourth-order valence-corrected chi connectivity index (χ4v) is 10.5. The standard InChI is InChI=1S/C29H42N2O2S6/c1-28(2,30-24(34)16-22-20(26(30)36)10-14-38-22)12-8-18(32)6-5-7-19(33)9-13-29(3,4)31-25(35)17-23-21(27(31)37)11-15-39-23/h16-19,32-33,36-37H,5-15H2,1-4H3. The lowest BCUT2D eigenvalue weighted by Crippen LogP contribution is -2.30. The van der Waals surface area contributed by atoms with Gasteiger partial charge in [0, 0.05) is 32.4 Å². The third-order valence-electron chi connectivity index (χ3n) is 8.19. The van der Waals surface area contributed by atoms with Crippen LogP contribution in [0.1, 0.15) is 83.8 Å². The van der Waals surface area contributed by atoms with Gasteiger partial charge in [0.1, 0.15) is 9.28 Å². The molecule has 2 aliphatic heterocycles. The third kappa shape index (κ3) is 7.35. The topological polar surface area (TPSA) is 50.3 Å². The number of hydrogen-bond donors (Lipinski definition) is 4. The first kappa shape index (κ1) is 32.0. The summed E-state index contributed by atoms with van der Waals surface area (Å²) in [7, 11) is 0. The Morgan fingerprint density at radius 3 is 1.54 bits per heavy atom. The lowest BCUT2D eigenvalue weighted by molar-refractivity contribution is 0.106. The van der Waals surface area contributed by atoms with E-state index in [1.54, 1.807) is 0 Å². The number of nitrogens with zero attached hydrogens (tertiary/aromatic N) is 2. The van der Waals surface area contributed by atoms with Crippen LogP contribution in [-0.2, 0) is 23.9 Å². The molecule has 39 heavy (non-hydrogen) atoms. The lowest BCUT2D eigenvalue weighted by Gasteiger charge is -2.32. The highest BCUT2D eigenvalue weighted by molar-refractivity contribution is 8.00. The Kier molecular flexibility index (Phi) is 10.8. The van der Waals surface area contributed by atoms with Crippen LogP contribution in [0.2, 0.25) is 0 Å². The van der Waals surface area contributed by atoms with Crippen molar-refractivity contribution < 1.29 is 10.2 Å². The van der Waals surface area contributed by atoms with E-state index in [-0.39, 0.29) is 11.1 Å². The minimum absolute atomic E-state index is 0.230. The van der Waals surface area contributed by atoms with Crippen LogP contribution < -0.4 is 0 Å². The monoisotopic (exact) mass is 642 g/mol. The summed E-state index contributed by atoms with van der Waals surface area (Å²) in [6, 6.07) is 4.22. The van der Waals surface area contributed by atoms with Gasteiger partial charge in [0.15, 0.2) is 0 Å². The van der Waals surface area contributed by atoms with Crippen molar-refractivity contribution in [3.8, 4) is 0 Å². The molecule has 2 atom stereocenters. The first-order valence-corrected chi connectivity index (χ1v) is 17.6. The van der Waals surface area contributed by atoms with Gasteiger partial charge in [0.25, 0.3) is 0 Å². The summed E-state index contributed by atoms with van der Waals surface area (Å²) in [5.74, 6) is 2.17. The molecule has 0 aliphatic carbocycles. The summed E-state index contributed by atoms with van der Waals surface area (Å²) in [4.78, 5) is 2.53. The molecule has 0 amide bonds. The molecule has 0 fully saturated rings. The molecule has 0 bridgehead atoms. The second-order valence-electron chi connectivity index (χ2n) is 12.1. The fourth-order valence-electron chi connectivity index (χ4n) is 5.79. The van der Waals surface area contributed by atoms with E-state index in [0.29, 0.717) is 25.7 Å². The summed E-state index contributed by atoms with van der Waals surface area (Å²) in [6.45, 7) is 8.71. The summed E-state index contributed by atoms with van der Waals surface area (Å²) >= 11 is 24.9. The number of aliphatic hydroxyl groups excluding tert-OH is 2. The highest BCUT2D eigenvalue weighted by atomic mass is 32.2. The summed E-state index contributed by atoms with van der Waals surface area (Å²) in [5.41, 5.74) is 2.13. The maximum Gasteiger partial charge on any atom is 0.108 e. The lowest BCUT2D eigenvalue weighted by atomic mass is 9.92. The zero-order valence-corrected chi connectivity index (χ0v) is 28.5. The van der Waals surface area contributed by atoms with Crippen LogP contribution in [0.15, 0.2) is 32.0 Å². The Bertz CT molecular complexity index is 1220. The molecule has 4 rings (SSSR count).